The van der Waals surface area contributed by atoms with Crippen molar-refractivity contribution in [3.63, 3.8) is 0 Å². The van der Waals surface area contributed by atoms with Crippen molar-refractivity contribution in [2.75, 3.05) is 14.2 Å². The first-order valence-corrected chi connectivity index (χ1v) is 6.10. The average molecular weight is 261 g/mol. The van der Waals surface area contributed by atoms with Crippen molar-refractivity contribution < 1.29 is 9.47 Å². The first-order chi connectivity index (χ1) is 9.17. The lowest BCUT2D eigenvalue weighted by molar-refractivity contribution is 0.354. The van der Waals surface area contributed by atoms with Crippen LogP contribution in [0.1, 0.15) is 17.1 Å². The van der Waals surface area contributed by atoms with Gasteiger partial charge in [-0.25, -0.2) is 4.98 Å². The Morgan fingerprint density at radius 2 is 1.95 bits per heavy atom. The number of methoxy groups -OCH3 is 2. The van der Waals surface area contributed by atoms with Crippen LogP contribution in [0.15, 0.2) is 24.4 Å². The van der Waals surface area contributed by atoms with E-state index in [0.29, 0.717) is 6.54 Å². The highest BCUT2D eigenvalue weighted by molar-refractivity contribution is 5.43. The number of imidazole rings is 1. The zero-order valence-electron chi connectivity index (χ0n) is 11.5. The molecule has 1 aromatic heterocycles. The second-order valence-electron chi connectivity index (χ2n) is 4.33. The number of nitrogens with zero attached hydrogens (tertiary/aromatic N) is 2. The van der Waals surface area contributed by atoms with Gasteiger partial charge in [-0.2, -0.15) is 0 Å². The summed E-state index contributed by atoms with van der Waals surface area (Å²) in [6, 6.07) is 5.88. The fourth-order valence-electron chi connectivity index (χ4n) is 2.01. The van der Waals surface area contributed by atoms with Crippen LogP contribution in [0.5, 0.6) is 11.5 Å². The van der Waals surface area contributed by atoms with Crippen LogP contribution >= 0.6 is 0 Å². The summed E-state index contributed by atoms with van der Waals surface area (Å²) >= 11 is 0. The number of nitrogens with two attached hydrogens (primary N) is 1. The van der Waals surface area contributed by atoms with Crippen molar-refractivity contribution in [1.29, 1.82) is 0 Å². The standard InChI is InChI=1S/C14H19N3O2/c1-17-9-11(8-15)16-14(17)7-10-4-5-12(18-2)13(6-10)19-3/h4-6,9H,7-8,15H2,1-3H3. The SMILES string of the molecule is COc1ccc(Cc2nc(CN)cn2C)cc1OC. The van der Waals surface area contributed by atoms with E-state index in [4.69, 9.17) is 15.2 Å². The van der Waals surface area contributed by atoms with Crippen LogP contribution < -0.4 is 15.2 Å². The number of ether oxygens (including phenoxy) is 2. The van der Waals surface area contributed by atoms with Crippen molar-refractivity contribution in [3.8, 4) is 11.5 Å². The Kier molecular flexibility index (Phi) is 4.06. The predicted molar refractivity (Wildman–Crippen MR) is 73.5 cm³/mol. The van der Waals surface area contributed by atoms with E-state index in [2.05, 4.69) is 4.98 Å². The largest absolute Gasteiger partial charge is 0.493 e. The Morgan fingerprint density at radius 3 is 2.53 bits per heavy atom. The first-order valence-electron chi connectivity index (χ1n) is 6.10. The zero-order chi connectivity index (χ0) is 13.8. The van der Waals surface area contributed by atoms with Gasteiger partial charge < -0.3 is 19.8 Å². The van der Waals surface area contributed by atoms with Crippen LogP contribution in [0.25, 0.3) is 0 Å². The third kappa shape index (κ3) is 2.88. The molecule has 0 bridgehead atoms. The molecule has 19 heavy (non-hydrogen) atoms. The highest BCUT2D eigenvalue weighted by Gasteiger charge is 2.08. The van der Waals surface area contributed by atoms with Gasteiger partial charge in [0, 0.05) is 26.2 Å². The van der Waals surface area contributed by atoms with Gasteiger partial charge in [-0.05, 0) is 17.7 Å². The number of hydrogen-bond acceptors (Lipinski definition) is 4. The molecule has 0 radical (unpaired) electrons. The molecule has 2 rings (SSSR count). The molecule has 1 aromatic carbocycles. The van der Waals surface area contributed by atoms with E-state index in [1.807, 2.05) is 36.0 Å². The Labute approximate surface area is 113 Å². The maximum Gasteiger partial charge on any atom is 0.161 e. The highest BCUT2D eigenvalue weighted by Crippen LogP contribution is 2.28. The minimum atomic E-state index is 0.458. The van der Waals surface area contributed by atoms with E-state index in [1.54, 1.807) is 14.2 Å². The lowest BCUT2D eigenvalue weighted by Gasteiger charge is -2.09. The van der Waals surface area contributed by atoms with Crippen molar-refractivity contribution in [3.05, 3.63) is 41.5 Å². The Morgan fingerprint density at radius 1 is 1.21 bits per heavy atom. The molecule has 5 heteroatoms. The molecular formula is C14H19N3O2. The van der Waals surface area contributed by atoms with E-state index in [-0.39, 0.29) is 0 Å². The third-order valence-corrected chi connectivity index (χ3v) is 3.04. The molecule has 0 fully saturated rings. The molecule has 1 heterocycles. The van der Waals surface area contributed by atoms with Crippen molar-refractivity contribution in [1.82, 2.24) is 9.55 Å². The van der Waals surface area contributed by atoms with Crippen molar-refractivity contribution >= 4 is 0 Å². The van der Waals surface area contributed by atoms with E-state index < -0.39 is 0 Å². The van der Waals surface area contributed by atoms with Gasteiger partial charge >= 0.3 is 0 Å². The summed E-state index contributed by atoms with van der Waals surface area (Å²) < 4.78 is 12.5. The quantitative estimate of drug-likeness (QED) is 0.885. The summed E-state index contributed by atoms with van der Waals surface area (Å²) in [5, 5.41) is 0. The number of rotatable bonds is 5. The van der Waals surface area contributed by atoms with Crippen LogP contribution in [0.2, 0.25) is 0 Å². The second kappa shape index (κ2) is 5.75. The third-order valence-electron chi connectivity index (χ3n) is 3.04. The lowest BCUT2D eigenvalue weighted by atomic mass is 10.1. The second-order valence-corrected chi connectivity index (χ2v) is 4.33. The predicted octanol–water partition coefficient (Wildman–Crippen LogP) is 1.49. The minimum Gasteiger partial charge on any atom is -0.493 e. The summed E-state index contributed by atoms with van der Waals surface area (Å²) in [5.41, 5.74) is 7.62. The number of aromatic nitrogens is 2. The molecule has 0 aliphatic rings. The summed E-state index contributed by atoms with van der Waals surface area (Å²) in [5.74, 6) is 2.44. The van der Waals surface area contributed by atoms with Gasteiger partial charge in [0.1, 0.15) is 5.82 Å². The van der Waals surface area contributed by atoms with E-state index in [1.165, 1.54) is 0 Å². The van der Waals surface area contributed by atoms with Gasteiger partial charge in [0.05, 0.1) is 19.9 Å². The first kappa shape index (κ1) is 13.4. The molecule has 0 aliphatic heterocycles. The van der Waals surface area contributed by atoms with Crippen LogP contribution in [0, 0.1) is 0 Å². The molecule has 2 N–H and O–H groups in total. The topological polar surface area (TPSA) is 62.3 Å². The fourth-order valence-corrected chi connectivity index (χ4v) is 2.01. The number of hydrogen-bond donors (Lipinski definition) is 1. The molecule has 0 amide bonds. The summed E-state index contributed by atoms with van der Waals surface area (Å²) in [7, 11) is 5.24. The molecule has 2 aromatic rings. The zero-order valence-corrected chi connectivity index (χ0v) is 11.5. The van der Waals surface area contributed by atoms with Crippen LogP contribution in [0.4, 0.5) is 0 Å². The van der Waals surface area contributed by atoms with Crippen molar-refractivity contribution in [2.24, 2.45) is 12.8 Å². The van der Waals surface area contributed by atoms with Crippen LogP contribution in [0.3, 0.4) is 0 Å². The van der Waals surface area contributed by atoms with Gasteiger partial charge in [0.2, 0.25) is 0 Å². The van der Waals surface area contributed by atoms with Crippen LogP contribution in [-0.4, -0.2) is 23.8 Å². The normalized spacial score (nSPS) is 10.5. The summed E-state index contributed by atoms with van der Waals surface area (Å²) in [6.07, 6.45) is 2.69. The Balaban J connectivity index is 2.25. The molecule has 102 valence electrons. The number of aryl methyl sites for hydroxylation is 1. The molecule has 0 spiro atoms. The van der Waals surface area contributed by atoms with Crippen molar-refractivity contribution in [2.45, 2.75) is 13.0 Å². The Bertz CT molecular complexity index is 564. The lowest BCUT2D eigenvalue weighted by Crippen LogP contribution is -2.00. The summed E-state index contributed by atoms with van der Waals surface area (Å²) in [4.78, 5) is 4.49. The van der Waals surface area contributed by atoms with E-state index >= 15 is 0 Å². The summed E-state index contributed by atoms with van der Waals surface area (Å²) in [6.45, 7) is 0.458. The minimum absolute atomic E-state index is 0.458. The Hall–Kier alpha value is -2.01. The highest BCUT2D eigenvalue weighted by atomic mass is 16.5. The van der Waals surface area contributed by atoms with Gasteiger partial charge in [0.15, 0.2) is 11.5 Å². The molecular weight excluding hydrogens is 242 g/mol. The van der Waals surface area contributed by atoms with Gasteiger partial charge in [0.25, 0.3) is 0 Å². The van der Waals surface area contributed by atoms with E-state index in [0.717, 1.165) is 35.0 Å². The smallest absolute Gasteiger partial charge is 0.161 e. The molecule has 0 saturated carbocycles. The van der Waals surface area contributed by atoms with Gasteiger partial charge in [-0.3, -0.25) is 0 Å². The maximum atomic E-state index is 5.60. The molecule has 0 unspecified atom stereocenters. The molecule has 5 nitrogen and oxygen atoms in total. The van der Waals surface area contributed by atoms with Crippen LogP contribution in [-0.2, 0) is 20.0 Å². The van der Waals surface area contributed by atoms with Gasteiger partial charge in [-0.1, -0.05) is 6.07 Å². The monoisotopic (exact) mass is 261 g/mol. The number of benzene rings is 1. The van der Waals surface area contributed by atoms with Gasteiger partial charge in [-0.15, -0.1) is 0 Å². The average Bonchev–Trinajstić information content (AvgIpc) is 2.79. The molecule has 0 atom stereocenters. The molecule has 0 saturated heterocycles. The fraction of sp³-hybridized carbons (Fsp3) is 0.357. The maximum absolute atomic E-state index is 5.60. The van der Waals surface area contributed by atoms with E-state index in [9.17, 15) is 0 Å². The molecule has 0 aliphatic carbocycles.